The van der Waals surface area contributed by atoms with Crippen molar-refractivity contribution >= 4 is 181 Å². The van der Waals surface area contributed by atoms with Crippen molar-refractivity contribution < 1.29 is 9.59 Å². The van der Waals surface area contributed by atoms with E-state index < -0.39 is 0 Å². The molecule has 5 nitrogen and oxygen atoms in total. The lowest BCUT2D eigenvalue weighted by Crippen LogP contribution is -2.23. The molecule has 0 unspecified atom stereocenters. The normalized spacial score (nSPS) is 12.7. The maximum absolute atomic E-state index is 14.9. The minimum Gasteiger partial charge on any atom is -0.289 e. The SMILES string of the molecule is O=C1c2cccc(Sc3nc4cc(Cl)c(Cl)cc4s3)c2C(=O)c2c(Sc3nc4cc(Cl)c(Cl)cc4s3)ccc(Sc3nc4cc(Cl)c(Cl)cc4s3)c21. The Morgan fingerprint density at radius 3 is 1.23 bits per heavy atom. The second-order valence-corrected chi connectivity index (χ2v) is 20.5. The van der Waals surface area contributed by atoms with E-state index in [-0.39, 0.29) is 11.6 Å². The van der Waals surface area contributed by atoms with Crippen LogP contribution in [0.15, 0.2) is 94.4 Å². The van der Waals surface area contributed by atoms with Crippen molar-refractivity contribution in [3.05, 3.63) is 119 Å². The Morgan fingerprint density at radius 1 is 0.442 bits per heavy atom. The summed E-state index contributed by atoms with van der Waals surface area (Å²) in [6.45, 7) is 0. The second-order valence-electron chi connectivity index (χ2n) is 11.1. The zero-order valence-corrected chi connectivity index (χ0v) is 34.7. The van der Waals surface area contributed by atoms with Gasteiger partial charge in [0.15, 0.2) is 24.6 Å². The molecule has 0 aliphatic heterocycles. The number of hydrogen-bond donors (Lipinski definition) is 0. The Kier molecular flexibility index (Phi) is 9.50. The lowest BCUT2D eigenvalue weighted by Gasteiger charge is -2.23. The van der Waals surface area contributed by atoms with E-state index in [1.165, 1.54) is 69.3 Å². The van der Waals surface area contributed by atoms with Gasteiger partial charge in [0.2, 0.25) is 0 Å². The van der Waals surface area contributed by atoms with E-state index >= 15 is 0 Å². The first kappa shape index (κ1) is 35.6. The van der Waals surface area contributed by atoms with E-state index in [2.05, 4.69) is 0 Å². The smallest absolute Gasteiger partial charge is 0.196 e. The molecule has 0 saturated carbocycles. The predicted molar refractivity (Wildman–Crippen MR) is 221 cm³/mol. The molecule has 0 fully saturated rings. The number of halogens is 6. The third-order valence-electron chi connectivity index (χ3n) is 7.91. The number of carbonyl (C=O) groups excluding carboxylic acids is 2. The molecule has 3 heterocycles. The molecule has 0 saturated heterocycles. The van der Waals surface area contributed by atoms with Gasteiger partial charge in [0.25, 0.3) is 0 Å². The summed E-state index contributed by atoms with van der Waals surface area (Å²) in [4.78, 5) is 45.6. The summed E-state index contributed by atoms with van der Waals surface area (Å²) in [7, 11) is 0. The molecule has 8 aromatic rings. The van der Waals surface area contributed by atoms with Crippen LogP contribution in [0.1, 0.15) is 31.8 Å². The maximum atomic E-state index is 14.9. The molecular weight excluding hydrogens is 900 g/mol. The van der Waals surface area contributed by atoms with Crippen LogP contribution in [-0.2, 0) is 0 Å². The third-order valence-corrected chi connectivity index (χ3v) is 16.5. The standard InChI is InChI=1S/C35H11Cl6N3O2S6/c36-13-6-19-25(9-16(13)39)50-33(42-19)47-22-3-1-2-12-28(22)32(46)30-24(49-35-44-21-8-15(38)18(41)11-27(21)52-35)5-4-23(29(30)31(12)45)48-34-43-20-7-14(37)17(40)10-26(20)51-34/h1-11H. The summed E-state index contributed by atoms with van der Waals surface area (Å²) in [5, 5.41) is 2.49. The first-order chi connectivity index (χ1) is 25.0. The highest BCUT2D eigenvalue weighted by atomic mass is 35.5. The van der Waals surface area contributed by atoms with E-state index in [4.69, 9.17) is 84.6 Å². The molecule has 0 N–H and O–H groups in total. The van der Waals surface area contributed by atoms with Crippen molar-refractivity contribution in [3.63, 3.8) is 0 Å². The van der Waals surface area contributed by atoms with Gasteiger partial charge in [-0.05, 0) is 54.6 Å². The van der Waals surface area contributed by atoms with Crippen molar-refractivity contribution in [1.29, 1.82) is 0 Å². The largest absolute Gasteiger partial charge is 0.289 e. The topological polar surface area (TPSA) is 72.8 Å². The van der Waals surface area contributed by atoms with Gasteiger partial charge >= 0.3 is 0 Å². The van der Waals surface area contributed by atoms with Gasteiger partial charge in [-0.2, -0.15) is 0 Å². The Balaban J connectivity index is 1.17. The van der Waals surface area contributed by atoms with E-state index in [9.17, 15) is 9.59 Å². The number of hydrogen-bond acceptors (Lipinski definition) is 11. The fourth-order valence-corrected chi connectivity index (χ4v) is 13.3. The van der Waals surface area contributed by atoms with Gasteiger partial charge in [0.1, 0.15) is 0 Å². The molecule has 0 radical (unpaired) electrons. The number of ketones is 2. The van der Waals surface area contributed by atoms with E-state index in [1.807, 2.05) is 18.2 Å². The van der Waals surface area contributed by atoms with Crippen LogP contribution < -0.4 is 0 Å². The number of aromatic nitrogens is 3. The number of thiazole rings is 3. The minimum absolute atomic E-state index is 0.269. The maximum Gasteiger partial charge on any atom is 0.196 e. The lowest BCUT2D eigenvalue weighted by molar-refractivity contribution is 0.0972. The molecule has 5 aromatic carbocycles. The van der Waals surface area contributed by atoms with Crippen LogP contribution >= 0.6 is 139 Å². The molecular formula is C35H11Cl6N3O2S6. The Bertz CT molecular complexity index is 2750. The molecule has 1 aliphatic rings. The minimum atomic E-state index is -0.278. The Labute approximate surface area is 349 Å². The molecule has 3 aromatic heterocycles. The molecule has 0 bridgehead atoms. The van der Waals surface area contributed by atoms with Crippen LogP contribution in [0.25, 0.3) is 30.6 Å². The first-order valence-corrected chi connectivity index (χ1v) is 21.9. The van der Waals surface area contributed by atoms with Crippen LogP contribution in [0.5, 0.6) is 0 Å². The molecule has 0 amide bonds. The van der Waals surface area contributed by atoms with Gasteiger partial charge in [0.05, 0.1) is 60.8 Å². The molecule has 0 atom stereocenters. The van der Waals surface area contributed by atoms with Crippen LogP contribution in [0, 0.1) is 0 Å². The fourth-order valence-electron chi connectivity index (χ4n) is 5.61. The van der Waals surface area contributed by atoms with Crippen LogP contribution in [0.3, 0.4) is 0 Å². The average molecular weight is 911 g/mol. The number of fused-ring (bicyclic) bond motifs is 5. The molecule has 17 heteroatoms. The zero-order valence-electron chi connectivity index (χ0n) is 25.2. The van der Waals surface area contributed by atoms with Gasteiger partial charge in [-0.3, -0.25) is 9.59 Å². The molecule has 9 rings (SSSR count). The summed E-state index contributed by atoms with van der Waals surface area (Å²) in [5.41, 5.74) is 3.30. The van der Waals surface area contributed by atoms with E-state index in [1.54, 1.807) is 48.5 Å². The van der Waals surface area contributed by atoms with Crippen LogP contribution in [0.2, 0.25) is 30.1 Å². The first-order valence-electron chi connectivity index (χ1n) is 14.7. The average Bonchev–Trinajstić information content (AvgIpc) is 3.80. The van der Waals surface area contributed by atoms with Gasteiger partial charge in [-0.15, -0.1) is 34.0 Å². The van der Waals surface area contributed by atoms with Gasteiger partial charge in [0, 0.05) is 36.9 Å². The van der Waals surface area contributed by atoms with Crippen molar-refractivity contribution in [3.8, 4) is 0 Å². The number of nitrogens with zero attached hydrogens (tertiary/aromatic N) is 3. The molecule has 52 heavy (non-hydrogen) atoms. The summed E-state index contributed by atoms with van der Waals surface area (Å²) in [5.74, 6) is -0.546. The highest BCUT2D eigenvalue weighted by Crippen LogP contribution is 2.48. The summed E-state index contributed by atoms with van der Waals surface area (Å²) < 4.78 is 4.56. The van der Waals surface area contributed by atoms with Gasteiger partial charge in [-0.25, -0.2) is 15.0 Å². The Hall–Kier alpha value is -2.10. The van der Waals surface area contributed by atoms with Crippen molar-refractivity contribution in [2.24, 2.45) is 0 Å². The summed E-state index contributed by atoms with van der Waals surface area (Å²) >= 11 is 45.8. The van der Waals surface area contributed by atoms with Gasteiger partial charge < -0.3 is 0 Å². The van der Waals surface area contributed by atoms with Gasteiger partial charge in [-0.1, -0.05) is 117 Å². The Morgan fingerprint density at radius 2 is 0.808 bits per heavy atom. The highest BCUT2D eigenvalue weighted by molar-refractivity contribution is 8.02. The monoisotopic (exact) mass is 907 g/mol. The predicted octanol–water partition coefficient (Wildman–Crippen LogP) is 14.7. The van der Waals surface area contributed by atoms with Crippen molar-refractivity contribution in [2.45, 2.75) is 27.7 Å². The lowest BCUT2D eigenvalue weighted by atomic mass is 9.84. The van der Waals surface area contributed by atoms with E-state index in [0.29, 0.717) is 96.6 Å². The van der Waals surface area contributed by atoms with Crippen LogP contribution in [-0.4, -0.2) is 26.5 Å². The van der Waals surface area contributed by atoms with Crippen molar-refractivity contribution in [1.82, 2.24) is 15.0 Å². The summed E-state index contributed by atoms with van der Waals surface area (Å²) in [6, 6.07) is 19.5. The van der Waals surface area contributed by atoms with Crippen molar-refractivity contribution in [2.75, 3.05) is 0 Å². The zero-order chi connectivity index (χ0) is 36.0. The summed E-state index contributed by atoms with van der Waals surface area (Å²) in [6.07, 6.45) is 0. The van der Waals surface area contributed by atoms with Crippen LogP contribution in [0.4, 0.5) is 0 Å². The second kappa shape index (κ2) is 13.9. The molecule has 256 valence electrons. The number of benzene rings is 5. The molecule has 0 spiro atoms. The quantitative estimate of drug-likeness (QED) is 0.163. The number of rotatable bonds is 6. The fraction of sp³-hybridized carbons (Fsp3) is 0. The third kappa shape index (κ3) is 6.34. The number of carbonyl (C=O) groups is 2. The van der Waals surface area contributed by atoms with E-state index in [0.717, 1.165) is 14.1 Å². The molecule has 1 aliphatic carbocycles. The highest BCUT2D eigenvalue weighted by Gasteiger charge is 2.37.